The predicted molar refractivity (Wildman–Crippen MR) is 184 cm³/mol. The number of hydrogen-bond acceptors (Lipinski definition) is 8. The van der Waals surface area contributed by atoms with Gasteiger partial charge in [0.1, 0.15) is 17.4 Å². The fourth-order valence-corrected chi connectivity index (χ4v) is 4.83. The maximum atomic E-state index is 13.9. The first-order valence-corrected chi connectivity index (χ1v) is 16.3. The van der Waals surface area contributed by atoms with Gasteiger partial charge in [-0.25, -0.2) is 18.4 Å². The molecule has 2 rings (SSSR count). The number of hydrogen-bond donors (Lipinski definition) is 6. The molecule has 2 aromatic rings. The van der Waals surface area contributed by atoms with Crippen LogP contribution in [0.15, 0.2) is 54.6 Å². The number of ether oxygens (including phenoxy) is 2. The molecule has 2 amide bonds. The van der Waals surface area contributed by atoms with Crippen LogP contribution in [0.2, 0.25) is 0 Å². The van der Waals surface area contributed by atoms with E-state index < -0.39 is 35.8 Å². The highest BCUT2D eigenvalue weighted by molar-refractivity contribution is 5.92. The minimum absolute atomic E-state index is 0.0519. The van der Waals surface area contributed by atoms with Crippen LogP contribution in [0.5, 0.6) is 5.75 Å². The highest BCUT2D eigenvalue weighted by Gasteiger charge is 2.30. The topological polar surface area (TPSA) is 198 Å². The molecule has 0 spiro atoms. The lowest BCUT2D eigenvalue weighted by atomic mass is 9.82. The van der Waals surface area contributed by atoms with Crippen LogP contribution in [0.3, 0.4) is 0 Å². The van der Waals surface area contributed by atoms with Crippen LogP contribution in [-0.4, -0.2) is 71.5 Å². The Morgan fingerprint density at radius 2 is 1.48 bits per heavy atom. The minimum Gasteiger partial charge on any atom is -0.491 e. The van der Waals surface area contributed by atoms with Gasteiger partial charge in [-0.05, 0) is 60.4 Å². The number of carbonyl (C=O) groups is 4. The summed E-state index contributed by atoms with van der Waals surface area (Å²) in [6.45, 7) is 8.88. The van der Waals surface area contributed by atoms with Crippen molar-refractivity contribution in [2.75, 3.05) is 25.6 Å². The maximum absolute atomic E-state index is 13.9. The summed E-state index contributed by atoms with van der Waals surface area (Å²) < 4.78 is 37.8. The zero-order valence-corrected chi connectivity index (χ0v) is 29.2. The van der Waals surface area contributed by atoms with Crippen LogP contribution in [0, 0.1) is 35.3 Å². The molecule has 0 fully saturated rings. The van der Waals surface area contributed by atoms with E-state index in [0.29, 0.717) is 44.0 Å². The van der Waals surface area contributed by atoms with E-state index in [1.54, 1.807) is 19.2 Å². The second kappa shape index (κ2) is 23.1. The average Bonchev–Trinajstić information content (AvgIpc) is 3.04. The van der Waals surface area contributed by atoms with Crippen LogP contribution < -0.4 is 21.1 Å². The van der Waals surface area contributed by atoms with Crippen molar-refractivity contribution in [3.63, 3.8) is 0 Å². The Morgan fingerprint density at radius 1 is 0.880 bits per heavy atom. The lowest BCUT2D eigenvalue weighted by Crippen LogP contribution is -2.42. The van der Waals surface area contributed by atoms with Gasteiger partial charge in [0.05, 0.1) is 18.4 Å². The van der Waals surface area contributed by atoms with Gasteiger partial charge >= 0.3 is 11.9 Å². The molecule has 0 bridgehead atoms. The summed E-state index contributed by atoms with van der Waals surface area (Å²) in [4.78, 5) is 45.1. The number of carbonyl (C=O) groups excluding carboxylic acids is 2. The Morgan fingerprint density at radius 3 is 2.02 bits per heavy atom. The molecule has 2 aromatic carbocycles. The number of benzene rings is 2. The molecule has 0 unspecified atom stereocenters. The summed E-state index contributed by atoms with van der Waals surface area (Å²) in [6, 6.07) is 9.20. The molecular weight excluding hydrogens is 656 g/mol. The molecule has 0 aliphatic carbocycles. The Bertz CT molecular complexity index is 1370. The summed E-state index contributed by atoms with van der Waals surface area (Å²) in [7, 11) is 1.59. The lowest BCUT2D eigenvalue weighted by Gasteiger charge is -2.29. The first-order valence-electron chi connectivity index (χ1n) is 16.3. The number of nitrogens with two attached hydrogens (primary N) is 1. The summed E-state index contributed by atoms with van der Waals surface area (Å²) in [5.74, 6) is -4.15. The summed E-state index contributed by atoms with van der Waals surface area (Å²) in [6.07, 6.45) is 1.43. The van der Waals surface area contributed by atoms with Crippen molar-refractivity contribution in [1.29, 1.82) is 0 Å². The van der Waals surface area contributed by atoms with Crippen LogP contribution in [0.1, 0.15) is 58.9 Å². The molecule has 4 atom stereocenters. The van der Waals surface area contributed by atoms with Gasteiger partial charge in [-0.1, -0.05) is 39.8 Å². The van der Waals surface area contributed by atoms with Crippen molar-refractivity contribution in [1.82, 2.24) is 5.32 Å². The van der Waals surface area contributed by atoms with Crippen molar-refractivity contribution >= 4 is 29.4 Å². The molecule has 0 heterocycles. The van der Waals surface area contributed by atoms with Gasteiger partial charge in [0.2, 0.25) is 11.8 Å². The largest absolute Gasteiger partial charge is 0.491 e. The number of aliphatic hydroxyl groups is 1. The number of carboxylic acid groups (broad SMARTS) is 2. The first kappa shape index (κ1) is 43.6. The number of anilines is 1. The van der Waals surface area contributed by atoms with Crippen LogP contribution in [0.25, 0.3) is 0 Å². The van der Waals surface area contributed by atoms with Gasteiger partial charge in [-0.3, -0.25) is 9.59 Å². The van der Waals surface area contributed by atoms with Crippen molar-refractivity contribution in [3.8, 4) is 5.75 Å². The number of aliphatic hydroxyl groups excluding tert-OH is 1. The number of rotatable bonds is 20. The highest BCUT2D eigenvalue weighted by atomic mass is 19.1. The van der Waals surface area contributed by atoms with E-state index in [4.69, 9.17) is 25.4 Å². The number of nitrogens with one attached hydrogen (secondary N) is 2. The molecule has 7 N–H and O–H groups in total. The minimum atomic E-state index is -1.26. The normalized spacial score (nSPS) is 13.6. The van der Waals surface area contributed by atoms with Crippen molar-refractivity contribution in [3.05, 3.63) is 71.8 Å². The molecule has 0 saturated heterocycles. The third-order valence-corrected chi connectivity index (χ3v) is 7.81. The van der Waals surface area contributed by atoms with Crippen LogP contribution in [0.4, 0.5) is 14.5 Å². The fourth-order valence-electron chi connectivity index (χ4n) is 4.83. The molecule has 50 heavy (non-hydrogen) atoms. The van der Waals surface area contributed by atoms with E-state index in [9.17, 15) is 33.1 Å². The van der Waals surface area contributed by atoms with Crippen molar-refractivity contribution < 1.29 is 52.8 Å². The van der Waals surface area contributed by atoms with Gasteiger partial charge < -0.3 is 41.2 Å². The number of methoxy groups -OCH3 is 1. The fraction of sp³-hybridized carbons (Fsp3) is 0.500. The second-order valence-electron chi connectivity index (χ2n) is 12.5. The zero-order chi connectivity index (χ0) is 37.8. The van der Waals surface area contributed by atoms with E-state index in [1.165, 1.54) is 30.3 Å². The monoisotopic (exact) mass is 707 g/mol. The molecule has 0 saturated carbocycles. The lowest BCUT2D eigenvalue weighted by molar-refractivity contribution is -0.134. The molecule has 0 aliphatic heterocycles. The van der Waals surface area contributed by atoms with E-state index in [0.717, 1.165) is 5.56 Å². The van der Waals surface area contributed by atoms with E-state index >= 15 is 0 Å². The quantitative estimate of drug-likeness (QED) is 0.0825. The zero-order valence-electron chi connectivity index (χ0n) is 29.2. The number of halogens is 2. The van der Waals surface area contributed by atoms with E-state index in [2.05, 4.69) is 10.6 Å². The second-order valence-corrected chi connectivity index (χ2v) is 12.5. The van der Waals surface area contributed by atoms with Crippen LogP contribution >= 0.6 is 0 Å². The average molecular weight is 708 g/mol. The van der Waals surface area contributed by atoms with Gasteiger partial charge in [-0.15, -0.1) is 0 Å². The first-order chi connectivity index (χ1) is 23.5. The Hall–Kier alpha value is -4.40. The smallest absolute Gasteiger partial charge is 0.328 e. The third-order valence-electron chi connectivity index (χ3n) is 7.81. The maximum Gasteiger partial charge on any atom is 0.328 e. The molecule has 14 heteroatoms. The van der Waals surface area contributed by atoms with Gasteiger partial charge in [0.15, 0.2) is 0 Å². The van der Waals surface area contributed by atoms with Gasteiger partial charge in [0.25, 0.3) is 0 Å². The van der Waals surface area contributed by atoms with Crippen molar-refractivity contribution in [2.45, 2.75) is 72.1 Å². The van der Waals surface area contributed by atoms with E-state index in [1.807, 2.05) is 27.7 Å². The molecule has 0 aliphatic rings. The Labute approximate surface area is 292 Å². The SMILES string of the molecule is COCCCOc1ccc(F)cc1NC(=O)C[C@@H](C[C@H](N)[C@@H](O)C[C@H](C(=O)NCc1ccc(F)cc1)C(C)C)C(C)C.O=C(O)/C=C/C(=O)O. The molecule has 0 aromatic heterocycles. The summed E-state index contributed by atoms with van der Waals surface area (Å²) in [5.41, 5.74) is 7.42. The standard InChI is InChI=1S/C32H47F2N3O5.C4H4O4/c1-20(2)23(16-31(39)37-28-17-25(34)11-12-30(28)42-14-6-13-41-5)15-27(35)29(38)18-26(21(3)4)32(40)36-19-22-7-9-24(33)10-8-22;5-3(6)1-2-4(7)8/h7-12,17,20-21,23,26-27,29,38H,6,13-16,18-19,35H2,1-5H3,(H,36,40)(H,37,39);1-2H,(H,5,6)(H,7,8)/b;2-1+/t23-,26+,27+,29+;/m1./s1. The number of amides is 2. The molecule has 0 radical (unpaired) electrons. The van der Waals surface area contributed by atoms with Crippen molar-refractivity contribution in [2.24, 2.45) is 29.4 Å². The molecule has 12 nitrogen and oxygen atoms in total. The van der Waals surface area contributed by atoms with E-state index in [-0.39, 0.29) is 60.5 Å². The van der Waals surface area contributed by atoms with Crippen LogP contribution in [-0.2, 0) is 30.5 Å². The Balaban J connectivity index is 0.00000139. The van der Waals surface area contributed by atoms with Gasteiger partial charge in [0, 0.05) is 63.3 Å². The summed E-state index contributed by atoms with van der Waals surface area (Å²) in [5, 5.41) is 32.2. The Kier molecular flexibility index (Phi) is 20.1. The highest BCUT2D eigenvalue weighted by Crippen LogP contribution is 2.29. The summed E-state index contributed by atoms with van der Waals surface area (Å²) >= 11 is 0. The molecule has 278 valence electrons. The number of aliphatic carboxylic acids is 2. The van der Waals surface area contributed by atoms with Gasteiger partial charge in [-0.2, -0.15) is 0 Å². The predicted octanol–water partition coefficient (Wildman–Crippen LogP) is 4.75. The molecular formula is C36H51F2N3O9. The number of carboxylic acids is 2. The third kappa shape index (κ3) is 17.8.